The summed E-state index contributed by atoms with van der Waals surface area (Å²) in [5.74, 6) is 0.0709. The minimum atomic E-state index is -0.637. The van der Waals surface area contributed by atoms with E-state index < -0.39 is 10.9 Å². The minimum Gasteiger partial charge on any atom is -0.487 e. The molecule has 0 aliphatic heterocycles. The summed E-state index contributed by atoms with van der Waals surface area (Å²) in [5, 5.41) is 23.7. The highest BCUT2D eigenvalue weighted by Crippen LogP contribution is 2.28. The molecule has 0 N–H and O–H groups in total. The maximum Gasteiger partial charge on any atom is 0.338 e. The largest absolute Gasteiger partial charge is 0.487 e. The van der Waals surface area contributed by atoms with Crippen LogP contribution >= 0.6 is 0 Å². The molecular formula is C20H21N5O5. The van der Waals surface area contributed by atoms with E-state index >= 15 is 0 Å². The smallest absolute Gasteiger partial charge is 0.338 e. The van der Waals surface area contributed by atoms with Crippen molar-refractivity contribution in [3.05, 3.63) is 64.2 Å². The van der Waals surface area contributed by atoms with Crippen LogP contribution in [0.15, 0.2) is 48.5 Å². The van der Waals surface area contributed by atoms with Gasteiger partial charge in [0.1, 0.15) is 0 Å². The molecule has 0 aliphatic rings. The molecule has 10 nitrogen and oxygen atoms in total. The van der Waals surface area contributed by atoms with Crippen LogP contribution in [0, 0.1) is 10.1 Å². The van der Waals surface area contributed by atoms with Crippen LogP contribution in [-0.2, 0) is 11.3 Å². The maximum absolute atomic E-state index is 11.5. The Labute approximate surface area is 172 Å². The fourth-order valence-corrected chi connectivity index (χ4v) is 2.78. The van der Waals surface area contributed by atoms with E-state index in [1.165, 1.54) is 19.2 Å². The van der Waals surface area contributed by atoms with Crippen LogP contribution in [0.2, 0.25) is 0 Å². The summed E-state index contributed by atoms with van der Waals surface area (Å²) in [6, 6.07) is 13.6. The molecule has 0 unspecified atom stereocenters. The number of hydrogen-bond donors (Lipinski definition) is 0. The molecule has 0 fully saturated rings. The summed E-state index contributed by atoms with van der Waals surface area (Å²) in [4.78, 5) is 23.7. The minimum absolute atomic E-state index is 0.103. The number of nitro groups is 1. The van der Waals surface area contributed by atoms with Gasteiger partial charge in [-0.05, 0) is 36.6 Å². The molecule has 1 aromatic heterocycles. The predicted octanol–water partition coefficient (Wildman–Crippen LogP) is 3.28. The second-order valence-corrected chi connectivity index (χ2v) is 6.42. The summed E-state index contributed by atoms with van der Waals surface area (Å²) in [5.41, 5.74) is 0.752. The third-order valence-corrected chi connectivity index (χ3v) is 4.32. The van der Waals surface area contributed by atoms with Gasteiger partial charge in [0, 0.05) is 11.6 Å². The number of nitrogens with zero attached hydrogens (tertiary/aromatic N) is 5. The third kappa shape index (κ3) is 5.37. The van der Waals surface area contributed by atoms with Crippen molar-refractivity contribution in [3.8, 4) is 17.1 Å². The maximum atomic E-state index is 11.5. The Bertz CT molecular complexity index is 1010. The molecule has 0 amide bonds. The van der Waals surface area contributed by atoms with Crippen molar-refractivity contribution in [2.75, 3.05) is 13.7 Å². The van der Waals surface area contributed by atoms with Gasteiger partial charge < -0.3 is 9.47 Å². The van der Waals surface area contributed by atoms with Crippen molar-refractivity contribution in [1.29, 1.82) is 0 Å². The molecule has 30 heavy (non-hydrogen) atoms. The predicted molar refractivity (Wildman–Crippen MR) is 107 cm³/mol. The van der Waals surface area contributed by atoms with E-state index in [1.807, 2.05) is 30.3 Å². The summed E-state index contributed by atoms with van der Waals surface area (Å²) in [6.45, 7) is 0.937. The lowest BCUT2D eigenvalue weighted by Gasteiger charge is -2.08. The molecule has 0 spiro atoms. The SMILES string of the molecule is COC(=O)c1ccc(OCCCCCn2nnc(-c3ccccc3)n2)c([N+](=O)[O-])c1. The molecule has 0 bridgehead atoms. The number of benzene rings is 2. The van der Waals surface area contributed by atoms with E-state index in [0.717, 1.165) is 24.5 Å². The van der Waals surface area contributed by atoms with Crippen LogP contribution < -0.4 is 4.74 Å². The van der Waals surface area contributed by atoms with Crippen molar-refractivity contribution in [1.82, 2.24) is 20.2 Å². The zero-order valence-corrected chi connectivity index (χ0v) is 16.4. The van der Waals surface area contributed by atoms with Gasteiger partial charge in [-0.15, -0.1) is 10.2 Å². The van der Waals surface area contributed by atoms with Crippen molar-refractivity contribution >= 4 is 11.7 Å². The number of carbonyl (C=O) groups excluding carboxylic acids is 1. The number of ether oxygens (including phenoxy) is 2. The summed E-state index contributed by atoms with van der Waals surface area (Å²) >= 11 is 0. The van der Waals surface area contributed by atoms with Gasteiger partial charge in [0.15, 0.2) is 5.75 Å². The number of rotatable bonds is 10. The lowest BCUT2D eigenvalue weighted by molar-refractivity contribution is -0.385. The molecule has 0 saturated heterocycles. The standard InChI is InChI=1S/C20H21N5O5/c1-29-20(26)16-10-11-18(17(14-16)25(27)28)30-13-7-3-6-12-24-22-19(21-23-24)15-8-4-2-5-9-15/h2,4-5,8-11,14H,3,6-7,12-13H2,1H3. The van der Waals surface area contributed by atoms with Gasteiger partial charge in [0.05, 0.1) is 30.7 Å². The molecule has 3 aromatic rings. The highest BCUT2D eigenvalue weighted by molar-refractivity contribution is 5.90. The fourth-order valence-electron chi connectivity index (χ4n) is 2.78. The van der Waals surface area contributed by atoms with E-state index in [1.54, 1.807) is 4.80 Å². The number of methoxy groups -OCH3 is 1. The molecule has 0 saturated carbocycles. The zero-order chi connectivity index (χ0) is 21.3. The first-order valence-corrected chi connectivity index (χ1v) is 9.41. The van der Waals surface area contributed by atoms with Crippen molar-refractivity contribution in [2.45, 2.75) is 25.8 Å². The lowest BCUT2D eigenvalue weighted by Crippen LogP contribution is -2.06. The molecule has 0 radical (unpaired) electrons. The van der Waals surface area contributed by atoms with Gasteiger partial charge >= 0.3 is 11.7 Å². The van der Waals surface area contributed by atoms with Gasteiger partial charge in [-0.2, -0.15) is 4.80 Å². The highest BCUT2D eigenvalue weighted by Gasteiger charge is 2.19. The van der Waals surface area contributed by atoms with E-state index in [4.69, 9.17) is 4.74 Å². The number of hydrogen-bond acceptors (Lipinski definition) is 8. The third-order valence-electron chi connectivity index (χ3n) is 4.32. The first-order valence-electron chi connectivity index (χ1n) is 9.41. The number of esters is 1. The Kier molecular flexibility index (Phi) is 7.04. The molecule has 3 rings (SSSR count). The average molecular weight is 411 g/mol. The number of unbranched alkanes of at least 4 members (excludes halogenated alkanes) is 2. The Balaban J connectivity index is 1.44. The van der Waals surface area contributed by atoms with Crippen LogP contribution in [0.1, 0.15) is 29.6 Å². The lowest BCUT2D eigenvalue weighted by atomic mass is 10.2. The Morgan fingerprint density at radius 3 is 2.67 bits per heavy atom. The van der Waals surface area contributed by atoms with Gasteiger partial charge in [-0.25, -0.2) is 4.79 Å². The van der Waals surface area contributed by atoms with Gasteiger partial charge in [-0.3, -0.25) is 10.1 Å². The van der Waals surface area contributed by atoms with Gasteiger partial charge in [0.2, 0.25) is 5.82 Å². The van der Waals surface area contributed by atoms with E-state index in [0.29, 0.717) is 25.4 Å². The summed E-state index contributed by atoms with van der Waals surface area (Å²) in [6.07, 6.45) is 2.35. The molecule has 1 heterocycles. The second kappa shape index (κ2) is 10.1. The van der Waals surface area contributed by atoms with E-state index in [9.17, 15) is 14.9 Å². The molecule has 0 atom stereocenters. The summed E-state index contributed by atoms with van der Waals surface area (Å²) < 4.78 is 10.1. The Hall–Kier alpha value is -3.82. The quantitative estimate of drug-likeness (QED) is 0.216. The molecular weight excluding hydrogens is 390 g/mol. The molecule has 156 valence electrons. The van der Waals surface area contributed by atoms with Crippen molar-refractivity contribution in [2.24, 2.45) is 0 Å². The van der Waals surface area contributed by atoms with Crippen LogP contribution in [0.25, 0.3) is 11.4 Å². The monoisotopic (exact) mass is 411 g/mol. The number of carbonyl (C=O) groups is 1. The normalized spacial score (nSPS) is 10.6. The zero-order valence-electron chi connectivity index (χ0n) is 16.4. The average Bonchev–Trinajstić information content (AvgIpc) is 3.25. The van der Waals surface area contributed by atoms with E-state index in [2.05, 4.69) is 20.1 Å². The van der Waals surface area contributed by atoms with Crippen LogP contribution in [0.3, 0.4) is 0 Å². The topological polar surface area (TPSA) is 122 Å². The van der Waals surface area contributed by atoms with E-state index in [-0.39, 0.29) is 17.0 Å². The Morgan fingerprint density at radius 2 is 1.93 bits per heavy atom. The fraction of sp³-hybridized carbons (Fsp3) is 0.300. The second-order valence-electron chi connectivity index (χ2n) is 6.42. The van der Waals surface area contributed by atoms with Crippen molar-refractivity contribution < 1.29 is 19.2 Å². The molecule has 2 aromatic carbocycles. The van der Waals surface area contributed by atoms with Crippen molar-refractivity contribution in [3.63, 3.8) is 0 Å². The molecule has 10 heteroatoms. The molecule has 0 aliphatic carbocycles. The van der Waals surface area contributed by atoms with Crippen LogP contribution in [-0.4, -0.2) is 44.8 Å². The number of aromatic nitrogens is 4. The number of aryl methyl sites for hydroxylation is 1. The number of tetrazole rings is 1. The van der Waals surface area contributed by atoms with Crippen LogP contribution in [0.5, 0.6) is 5.75 Å². The Morgan fingerprint density at radius 1 is 1.13 bits per heavy atom. The first kappa shape index (κ1) is 20.9. The van der Waals surface area contributed by atoms with Gasteiger partial charge in [-0.1, -0.05) is 30.3 Å². The number of nitro benzene ring substituents is 1. The first-order chi connectivity index (χ1) is 14.6. The highest BCUT2D eigenvalue weighted by atomic mass is 16.6. The summed E-state index contributed by atoms with van der Waals surface area (Å²) in [7, 11) is 1.22. The van der Waals surface area contributed by atoms with Crippen LogP contribution in [0.4, 0.5) is 5.69 Å². The van der Waals surface area contributed by atoms with Gasteiger partial charge in [0.25, 0.3) is 0 Å².